The predicted molar refractivity (Wildman–Crippen MR) is 75.0 cm³/mol. The highest BCUT2D eigenvalue weighted by atomic mass is 15.3. The molecule has 18 heavy (non-hydrogen) atoms. The number of aromatic nitrogens is 2. The highest BCUT2D eigenvalue weighted by Gasteiger charge is 2.05. The average Bonchev–Trinajstić information content (AvgIpc) is 2.76. The average molecular weight is 243 g/mol. The van der Waals surface area contributed by atoms with Gasteiger partial charge in [-0.3, -0.25) is 0 Å². The van der Waals surface area contributed by atoms with E-state index in [2.05, 4.69) is 55.6 Å². The van der Waals surface area contributed by atoms with E-state index in [1.807, 2.05) is 10.9 Å². The number of aryl methyl sites for hydroxylation is 2. The minimum absolute atomic E-state index is 0.893. The number of rotatable bonds is 5. The van der Waals surface area contributed by atoms with Crippen molar-refractivity contribution in [2.24, 2.45) is 0 Å². The Hall–Kier alpha value is -1.61. The smallest absolute Gasteiger partial charge is 0.0690 e. The van der Waals surface area contributed by atoms with Crippen LogP contribution in [-0.4, -0.2) is 16.3 Å². The molecule has 0 radical (unpaired) electrons. The van der Waals surface area contributed by atoms with Crippen LogP contribution in [0, 0.1) is 13.8 Å². The van der Waals surface area contributed by atoms with Gasteiger partial charge in [-0.25, -0.2) is 4.68 Å². The molecular weight excluding hydrogens is 222 g/mol. The zero-order valence-electron chi connectivity index (χ0n) is 11.4. The number of benzene rings is 1. The summed E-state index contributed by atoms with van der Waals surface area (Å²) in [4.78, 5) is 0. The quantitative estimate of drug-likeness (QED) is 0.818. The van der Waals surface area contributed by atoms with E-state index >= 15 is 0 Å². The normalized spacial score (nSPS) is 10.8. The number of hydrogen-bond acceptors (Lipinski definition) is 2. The Kier molecular flexibility index (Phi) is 4.15. The van der Waals surface area contributed by atoms with E-state index in [-0.39, 0.29) is 0 Å². The molecule has 2 rings (SSSR count). The predicted octanol–water partition coefficient (Wildman–Crippen LogP) is 2.99. The zero-order valence-corrected chi connectivity index (χ0v) is 11.4. The van der Waals surface area contributed by atoms with Crippen molar-refractivity contribution in [3.05, 3.63) is 47.3 Å². The maximum atomic E-state index is 4.39. The first kappa shape index (κ1) is 12.8. The lowest BCUT2D eigenvalue weighted by Gasteiger charge is -2.11. The standard InChI is InChI=1S/C15H21N3/c1-4-7-16-10-14-8-12(2)5-6-15(14)18-11-13(3)9-17-18/h5-6,8-9,11,16H,4,7,10H2,1-3H3. The third-order valence-electron chi connectivity index (χ3n) is 2.94. The number of nitrogens with zero attached hydrogens (tertiary/aromatic N) is 2. The maximum absolute atomic E-state index is 4.39. The lowest BCUT2D eigenvalue weighted by Crippen LogP contribution is -2.15. The van der Waals surface area contributed by atoms with E-state index < -0.39 is 0 Å². The molecule has 1 heterocycles. The second-order valence-corrected chi connectivity index (χ2v) is 4.77. The van der Waals surface area contributed by atoms with Crippen LogP contribution in [0.2, 0.25) is 0 Å². The third kappa shape index (κ3) is 2.99. The van der Waals surface area contributed by atoms with Gasteiger partial charge in [-0.05, 0) is 44.0 Å². The first-order chi connectivity index (χ1) is 8.70. The first-order valence-corrected chi connectivity index (χ1v) is 6.52. The van der Waals surface area contributed by atoms with E-state index in [4.69, 9.17) is 0 Å². The summed E-state index contributed by atoms with van der Waals surface area (Å²) in [5, 5.41) is 7.85. The van der Waals surface area contributed by atoms with Gasteiger partial charge in [0.1, 0.15) is 0 Å². The van der Waals surface area contributed by atoms with Crippen molar-refractivity contribution in [1.82, 2.24) is 15.1 Å². The third-order valence-corrected chi connectivity index (χ3v) is 2.94. The van der Waals surface area contributed by atoms with Gasteiger partial charge in [-0.2, -0.15) is 5.10 Å². The minimum atomic E-state index is 0.893. The topological polar surface area (TPSA) is 29.9 Å². The molecule has 0 aliphatic heterocycles. The van der Waals surface area contributed by atoms with E-state index in [0.29, 0.717) is 0 Å². The Morgan fingerprint density at radius 1 is 1.22 bits per heavy atom. The fourth-order valence-corrected chi connectivity index (χ4v) is 2.02. The molecule has 96 valence electrons. The summed E-state index contributed by atoms with van der Waals surface area (Å²) in [7, 11) is 0. The van der Waals surface area contributed by atoms with Crippen molar-refractivity contribution in [3.63, 3.8) is 0 Å². The van der Waals surface area contributed by atoms with Gasteiger partial charge in [-0.15, -0.1) is 0 Å². The molecule has 2 aromatic rings. The van der Waals surface area contributed by atoms with Crippen LogP contribution >= 0.6 is 0 Å². The molecule has 0 saturated heterocycles. The molecular formula is C15H21N3. The summed E-state index contributed by atoms with van der Waals surface area (Å²) < 4.78 is 1.96. The molecule has 0 spiro atoms. The zero-order chi connectivity index (χ0) is 13.0. The Morgan fingerprint density at radius 3 is 2.72 bits per heavy atom. The highest BCUT2D eigenvalue weighted by molar-refractivity contribution is 5.43. The number of nitrogens with one attached hydrogen (secondary N) is 1. The van der Waals surface area contributed by atoms with E-state index in [9.17, 15) is 0 Å². The van der Waals surface area contributed by atoms with Crippen LogP contribution in [-0.2, 0) is 6.54 Å². The van der Waals surface area contributed by atoms with E-state index in [0.717, 1.165) is 25.2 Å². The number of hydrogen-bond donors (Lipinski definition) is 1. The SMILES string of the molecule is CCCNCc1cc(C)ccc1-n1cc(C)cn1. The Balaban J connectivity index is 2.28. The molecule has 0 unspecified atom stereocenters. The molecule has 0 aliphatic carbocycles. The summed E-state index contributed by atoms with van der Waals surface area (Å²) in [6.07, 6.45) is 5.11. The van der Waals surface area contributed by atoms with Crippen LogP contribution in [0.1, 0.15) is 30.0 Å². The van der Waals surface area contributed by atoms with Gasteiger partial charge in [0, 0.05) is 12.7 Å². The van der Waals surface area contributed by atoms with Gasteiger partial charge < -0.3 is 5.32 Å². The summed E-state index contributed by atoms with van der Waals surface area (Å²) in [5.41, 5.74) is 4.93. The lowest BCUT2D eigenvalue weighted by molar-refractivity contribution is 0.670. The van der Waals surface area contributed by atoms with E-state index in [1.165, 1.54) is 16.7 Å². The second-order valence-electron chi connectivity index (χ2n) is 4.77. The molecule has 1 N–H and O–H groups in total. The summed E-state index contributed by atoms with van der Waals surface area (Å²) >= 11 is 0. The maximum Gasteiger partial charge on any atom is 0.0690 e. The molecule has 3 heteroatoms. The summed E-state index contributed by atoms with van der Waals surface area (Å²) in [6, 6.07) is 6.51. The molecule has 0 fully saturated rings. The monoisotopic (exact) mass is 243 g/mol. The van der Waals surface area contributed by atoms with Crippen molar-refractivity contribution >= 4 is 0 Å². The van der Waals surface area contributed by atoms with Crippen molar-refractivity contribution in [3.8, 4) is 5.69 Å². The molecule has 0 atom stereocenters. The second kappa shape index (κ2) is 5.83. The molecule has 1 aromatic heterocycles. The molecule has 3 nitrogen and oxygen atoms in total. The van der Waals surface area contributed by atoms with Crippen LogP contribution in [0.15, 0.2) is 30.6 Å². The lowest BCUT2D eigenvalue weighted by atomic mass is 10.1. The molecule has 1 aromatic carbocycles. The molecule has 0 amide bonds. The van der Waals surface area contributed by atoms with Crippen molar-refractivity contribution in [1.29, 1.82) is 0 Å². The van der Waals surface area contributed by atoms with Crippen LogP contribution < -0.4 is 5.32 Å². The Morgan fingerprint density at radius 2 is 2.06 bits per heavy atom. The van der Waals surface area contributed by atoms with Crippen LogP contribution in [0.5, 0.6) is 0 Å². The summed E-state index contributed by atoms with van der Waals surface area (Å²) in [5.74, 6) is 0. The van der Waals surface area contributed by atoms with Gasteiger partial charge in [-0.1, -0.05) is 24.6 Å². The Labute approximate surface area is 109 Å². The van der Waals surface area contributed by atoms with Gasteiger partial charge >= 0.3 is 0 Å². The highest BCUT2D eigenvalue weighted by Crippen LogP contribution is 2.16. The van der Waals surface area contributed by atoms with Crippen molar-refractivity contribution in [2.75, 3.05) is 6.54 Å². The van der Waals surface area contributed by atoms with Crippen LogP contribution in [0.4, 0.5) is 0 Å². The minimum Gasteiger partial charge on any atom is -0.313 e. The van der Waals surface area contributed by atoms with Crippen molar-refractivity contribution in [2.45, 2.75) is 33.7 Å². The van der Waals surface area contributed by atoms with Gasteiger partial charge in [0.2, 0.25) is 0 Å². The largest absolute Gasteiger partial charge is 0.313 e. The molecule has 0 bridgehead atoms. The fraction of sp³-hybridized carbons (Fsp3) is 0.400. The molecule has 0 aliphatic rings. The molecule has 0 saturated carbocycles. The van der Waals surface area contributed by atoms with Crippen LogP contribution in [0.25, 0.3) is 5.69 Å². The van der Waals surface area contributed by atoms with Crippen molar-refractivity contribution < 1.29 is 0 Å². The summed E-state index contributed by atoms with van der Waals surface area (Å²) in [6.45, 7) is 8.31. The Bertz CT molecular complexity index is 514. The van der Waals surface area contributed by atoms with Gasteiger partial charge in [0.25, 0.3) is 0 Å². The van der Waals surface area contributed by atoms with Crippen LogP contribution in [0.3, 0.4) is 0 Å². The van der Waals surface area contributed by atoms with Gasteiger partial charge in [0.15, 0.2) is 0 Å². The van der Waals surface area contributed by atoms with E-state index in [1.54, 1.807) is 0 Å². The fourth-order valence-electron chi connectivity index (χ4n) is 2.02. The van der Waals surface area contributed by atoms with Gasteiger partial charge in [0.05, 0.1) is 11.9 Å². The first-order valence-electron chi connectivity index (χ1n) is 6.52.